The Bertz CT molecular complexity index is 462. The molecular weight excluding hydrogens is 272 g/mol. The number of nitrogens with one attached hydrogen (secondary N) is 3. The van der Waals surface area contributed by atoms with Crippen molar-refractivity contribution in [1.29, 1.82) is 0 Å². The highest BCUT2D eigenvalue weighted by Gasteiger charge is 2.33. The smallest absolute Gasteiger partial charge is 0.235 e. The molecule has 1 aromatic rings. The van der Waals surface area contributed by atoms with Gasteiger partial charge in [-0.25, -0.2) is 5.43 Å². The normalized spacial score (nSPS) is 22.9. The van der Waals surface area contributed by atoms with Crippen LogP contribution in [0.25, 0.3) is 0 Å². The number of hydrazine groups is 1. The van der Waals surface area contributed by atoms with Crippen LogP contribution in [-0.2, 0) is 9.59 Å². The highest BCUT2D eigenvalue weighted by molar-refractivity contribution is 8.01. The fraction of sp³-hybridized carbons (Fsp3) is 0.400. The first-order valence-corrected chi connectivity index (χ1v) is 7.17. The Morgan fingerprint density at radius 3 is 2.94 bits per heavy atom. The van der Waals surface area contributed by atoms with Gasteiger partial charge in [-0.05, 0) is 23.9 Å². The van der Waals surface area contributed by atoms with E-state index in [0.717, 1.165) is 10.6 Å². The number of aryl methyl sites for hydroxylation is 1. The lowest BCUT2D eigenvalue weighted by Gasteiger charge is -2.07. The summed E-state index contributed by atoms with van der Waals surface area (Å²) in [5.41, 5.74) is 3.24. The molecule has 1 aliphatic heterocycles. The van der Waals surface area contributed by atoms with E-state index in [1.165, 1.54) is 23.1 Å². The van der Waals surface area contributed by atoms with Gasteiger partial charge < -0.3 is 10.6 Å². The SMILES string of the molecule is Cc1csc(NC(=O)CC2SC(NN)NC2=O)c1. The number of hydrogen-bond donors (Lipinski definition) is 4. The average Bonchev–Trinajstić information content (AvgIpc) is 2.86. The van der Waals surface area contributed by atoms with E-state index in [1.807, 2.05) is 18.4 Å². The largest absolute Gasteiger partial charge is 0.330 e. The van der Waals surface area contributed by atoms with E-state index in [-0.39, 0.29) is 23.7 Å². The Morgan fingerprint density at radius 1 is 1.61 bits per heavy atom. The van der Waals surface area contributed by atoms with Crippen LogP contribution >= 0.6 is 23.1 Å². The molecule has 6 nitrogen and oxygen atoms in total. The number of thiophene rings is 1. The second-order valence-electron chi connectivity index (χ2n) is 3.92. The molecule has 5 N–H and O–H groups in total. The maximum absolute atomic E-state index is 11.8. The van der Waals surface area contributed by atoms with E-state index in [2.05, 4.69) is 16.1 Å². The summed E-state index contributed by atoms with van der Waals surface area (Å²) in [6, 6.07) is 1.90. The molecule has 1 aromatic heterocycles. The van der Waals surface area contributed by atoms with Crippen LogP contribution in [-0.4, -0.2) is 22.6 Å². The summed E-state index contributed by atoms with van der Waals surface area (Å²) in [5.74, 6) is 4.90. The summed E-state index contributed by atoms with van der Waals surface area (Å²) < 4.78 is 0. The molecule has 1 saturated heterocycles. The van der Waals surface area contributed by atoms with Gasteiger partial charge in [0, 0.05) is 6.42 Å². The second-order valence-corrected chi connectivity index (χ2v) is 6.14. The second kappa shape index (κ2) is 5.70. The molecule has 0 saturated carbocycles. The molecule has 2 amide bonds. The van der Waals surface area contributed by atoms with Crippen molar-refractivity contribution in [3.63, 3.8) is 0 Å². The molecule has 2 unspecified atom stereocenters. The van der Waals surface area contributed by atoms with Crippen LogP contribution in [0.2, 0.25) is 0 Å². The number of anilines is 1. The molecule has 0 radical (unpaired) electrons. The van der Waals surface area contributed by atoms with Crippen molar-refractivity contribution in [2.24, 2.45) is 5.84 Å². The van der Waals surface area contributed by atoms with Crippen LogP contribution in [0.15, 0.2) is 11.4 Å². The van der Waals surface area contributed by atoms with Gasteiger partial charge in [0.1, 0.15) is 5.50 Å². The lowest BCUT2D eigenvalue weighted by molar-refractivity contribution is -0.123. The van der Waals surface area contributed by atoms with Gasteiger partial charge in [-0.3, -0.25) is 15.4 Å². The number of rotatable bonds is 4. The topological polar surface area (TPSA) is 96.2 Å². The molecule has 18 heavy (non-hydrogen) atoms. The third-order valence-electron chi connectivity index (χ3n) is 2.38. The van der Waals surface area contributed by atoms with Gasteiger partial charge in [-0.15, -0.1) is 23.1 Å². The molecule has 8 heteroatoms. The minimum absolute atomic E-state index is 0.144. The van der Waals surface area contributed by atoms with Crippen LogP contribution < -0.4 is 21.9 Å². The zero-order valence-electron chi connectivity index (χ0n) is 9.73. The predicted octanol–water partition coefficient (Wildman–Crippen LogP) is 0.364. The Balaban J connectivity index is 1.86. The maximum atomic E-state index is 11.8. The molecule has 0 aromatic carbocycles. The van der Waals surface area contributed by atoms with Gasteiger partial charge in [0.2, 0.25) is 11.8 Å². The fourth-order valence-corrected chi connectivity index (χ4v) is 3.40. The summed E-state index contributed by atoms with van der Waals surface area (Å²) in [6.45, 7) is 1.96. The Morgan fingerprint density at radius 2 is 2.39 bits per heavy atom. The molecule has 1 fully saturated rings. The summed E-state index contributed by atoms with van der Waals surface area (Å²) in [6.07, 6.45) is 0.144. The molecule has 2 heterocycles. The lowest BCUT2D eigenvalue weighted by Crippen LogP contribution is -2.41. The van der Waals surface area contributed by atoms with Crippen LogP contribution in [0.1, 0.15) is 12.0 Å². The van der Waals surface area contributed by atoms with Crippen molar-refractivity contribution < 1.29 is 9.59 Å². The summed E-state index contributed by atoms with van der Waals surface area (Å²) in [7, 11) is 0. The molecule has 0 spiro atoms. The first-order chi connectivity index (χ1) is 8.58. The number of carbonyl (C=O) groups excluding carboxylic acids is 2. The van der Waals surface area contributed by atoms with Crippen molar-refractivity contribution in [2.75, 3.05) is 5.32 Å². The van der Waals surface area contributed by atoms with Crippen molar-refractivity contribution in [1.82, 2.24) is 10.7 Å². The average molecular weight is 286 g/mol. The third-order valence-corrected chi connectivity index (χ3v) is 4.58. The minimum atomic E-state index is -0.396. The highest BCUT2D eigenvalue weighted by Crippen LogP contribution is 2.25. The first kappa shape index (κ1) is 13.3. The van der Waals surface area contributed by atoms with Gasteiger partial charge in [-0.1, -0.05) is 0 Å². The molecule has 2 rings (SSSR count). The van der Waals surface area contributed by atoms with E-state index < -0.39 is 5.25 Å². The van der Waals surface area contributed by atoms with Crippen LogP contribution in [0.5, 0.6) is 0 Å². The lowest BCUT2D eigenvalue weighted by atomic mass is 10.2. The van der Waals surface area contributed by atoms with Crippen molar-refractivity contribution in [2.45, 2.75) is 24.1 Å². The van der Waals surface area contributed by atoms with Crippen LogP contribution in [0.3, 0.4) is 0 Å². The quantitative estimate of drug-likeness (QED) is 0.473. The van der Waals surface area contributed by atoms with Crippen LogP contribution in [0.4, 0.5) is 5.00 Å². The van der Waals surface area contributed by atoms with Crippen LogP contribution in [0, 0.1) is 6.92 Å². The molecule has 98 valence electrons. The zero-order chi connectivity index (χ0) is 13.1. The Hall–Kier alpha value is -1.09. The standard InChI is InChI=1S/C10H14N4O2S2/c1-5-2-8(17-4-5)12-7(15)3-6-9(16)13-10(14-11)18-6/h2,4,6,10,14H,3,11H2,1H3,(H,12,15)(H,13,16). The number of carbonyl (C=O) groups is 2. The zero-order valence-corrected chi connectivity index (χ0v) is 11.4. The fourth-order valence-electron chi connectivity index (χ4n) is 1.56. The number of hydrogen-bond acceptors (Lipinski definition) is 6. The first-order valence-electron chi connectivity index (χ1n) is 5.35. The van der Waals surface area contributed by atoms with Gasteiger partial charge in [0.05, 0.1) is 10.3 Å². The number of thioether (sulfide) groups is 1. The summed E-state index contributed by atoms with van der Waals surface area (Å²) in [5, 5.41) is 7.78. The monoisotopic (exact) mass is 286 g/mol. The van der Waals surface area contributed by atoms with Gasteiger partial charge in [-0.2, -0.15) is 0 Å². The molecule has 2 atom stereocenters. The molecular formula is C10H14N4O2S2. The van der Waals surface area contributed by atoms with Crippen molar-refractivity contribution in [3.8, 4) is 0 Å². The number of amides is 2. The Labute approximate surface area is 113 Å². The molecule has 0 bridgehead atoms. The third kappa shape index (κ3) is 3.22. The van der Waals surface area contributed by atoms with E-state index in [4.69, 9.17) is 5.84 Å². The Kier molecular flexibility index (Phi) is 4.23. The van der Waals surface area contributed by atoms with Gasteiger partial charge in [0.25, 0.3) is 0 Å². The summed E-state index contributed by atoms with van der Waals surface area (Å²) in [4.78, 5) is 23.3. The predicted molar refractivity (Wildman–Crippen MR) is 72.9 cm³/mol. The number of nitrogens with two attached hydrogens (primary N) is 1. The van der Waals surface area contributed by atoms with E-state index in [0.29, 0.717) is 0 Å². The van der Waals surface area contributed by atoms with E-state index >= 15 is 0 Å². The van der Waals surface area contributed by atoms with E-state index in [9.17, 15) is 9.59 Å². The van der Waals surface area contributed by atoms with Crippen molar-refractivity contribution >= 4 is 39.9 Å². The molecule has 0 aliphatic carbocycles. The maximum Gasteiger partial charge on any atom is 0.235 e. The van der Waals surface area contributed by atoms with Gasteiger partial charge in [0.15, 0.2) is 0 Å². The molecule has 1 aliphatic rings. The minimum Gasteiger partial charge on any atom is -0.330 e. The van der Waals surface area contributed by atoms with E-state index in [1.54, 1.807) is 0 Å². The summed E-state index contributed by atoms with van der Waals surface area (Å²) >= 11 is 2.78. The van der Waals surface area contributed by atoms with Crippen molar-refractivity contribution in [3.05, 3.63) is 17.0 Å². The highest BCUT2D eigenvalue weighted by atomic mass is 32.2. The van der Waals surface area contributed by atoms with Gasteiger partial charge >= 0.3 is 0 Å².